The Morgan fingerprint density at radius 3 is 2.67 bits per heavy atom. The second-order valence-electron chi connectivity index (χ2n) is 4.69. The average Bonchev–Trinajstić information content (AvgIpc) is 2.43. The predicted octanol–water partition coefficient (Wildman–Crippen LogP) is 2.06. The second kappa shape index (κ2) is 8.84. The van der Waals surface area contributed by atoms with Crippen molar-refractivity contribution in [3.8, 4) is 5.75 Å². The molecule has 21 heavy (non-hydrogen) atoms. The summed E-state index contributed by atoms with van der Waals surface area (Å²) in [5, 5.41) is 13.7. The van der Waals surface area contributed by atoms with Crippen LogP contribution in [-0.4, -0.2) is 30.3 Å². The summed E-state index contributed by atoms with van der Waals surface area (Å²) < 4.78 is 5.54. The molecule has 0 atom stereocenters. The molecule has 0 fully saturated rings. The number of hydrogen-bond donors (Lipinski definition) is 3. The van der Waals surface area contributed by atoms with Gasteiger partial charge >= 0.3 is 12.0 Å². The predicted molar refractivity (Wildman–Crippen MR) is 79.5 cm³/mol. The highest BCUT2D eigenvalue weighted by molar-refractivity contribution is 5.75. The molecule has 0 heterocycles. The third-order valence-electron chi connectivity index (χ3n) is 2.85. The van der Waals surface area contributed by atoms with Gasteiger partial charge in [-0.2, -0.15) is 0 Å². The summed E-state index contributed by atoms with van der Waals surface area (Å²) in [6, 6.07) is 5.36. The number of aryl methyl sites for hydroxylation is 1. The monoisotopic (exact) mass is 294 g/mol. The molecule has 1 aromatic carbocycles. The summed E-state index contributed by atoms with van der Waals surface area (Å²) in [5.41, 5.74) is 2.03. The Hall–Kier alpha value is -2.24. The SMILES string of the molecule is CCCOc1ccc(CNC(=O)NCCC(=O)O)c(C)c1. The van der Waals surface area contributed by atoms with Gasteiger partial charge in [-0.25, -0.2) is 4.79 Å². The zero-order chi connectivity index (χ0) is 15.7. The van der Waals surface area contributed by atoms with Crippen LogP contribution in [0.25, 0.3) is 0 Å². The Morgan fingerprint density at radius 2 is 2.05 bits per heavy atom. The topological polar surface area (TPSA) is 87.7 Å². The van der Waals surface area contributed by atoms with E-state index in [4.69, 9.17) is 9.84 Å². The molecule has 1 rings (SSSR count). The molecule has 0 bridgehead atoms. The minimum Gasteiger partial charge on any atom is -0.494 e. The van der Waals surface area contributed by atoms with Gasteiger partial charge in [-0.3, -0.25) is 4.79 Å². The van der Waals surface area contributed by atoms with Crippen LogP contribution in [0.1, 0.15) is 30.9 Å². The molecule has 0 saturated carbocycles. The number of ether oxygens (including phenoxy) is 1. The van der Waals surface area contributed by atoms with Crippen molar-refractivity contribution in [2.45, 2.75) is 33.2 Å². The number of urea groups is 1. The number of nitrogens with one attached hydrogen (secondary N) is 2. The van der Waals surface area contributed by atoms with Gasteiger partial charge in [0.25, 0.3) is 0 Å². The number of rotatable bonds is 8. The van der Waals surface area contributed by atoms with E-state index < -0.39 is 5.97 Å². The van der Waals surface area contributed by atoms with E-state index in [9.17, 15) is 9.59 Å². The van der Waals surface area contributed by atoms with Crippen LogP contribution in [-0.2, 0) is 11.3 Å². The van der Waals surface area contributed by atoms with Crippen LogP contribution in [0.5, 0.6) is 5.75 Å². The lowest BCUT2D eigenvalue weighted by Crippen LogP contribution is -2.36. The Kier molecular flexibility index (Phi) is 7.08. The summed E-state index contributed by atoms with van der Waals surface area (Å²) in [6.45, 7) is 5.19. The van der Waals surface area contributed by atoms with Crippen molar-refractivity contribution in [3.63, 3.8) is 0 Å². The fourth-order valence-corrected chi connectivity index (χ4v) is 1.70. The van der Waals surface area contributed by atoms with Crippen molar-refractivity contribution in [3.05, 3.63) is 29.3 Å². The first-order valence-electron chi connectivity index (χ1n) is 6.98. The fraction of sp³-hybridized carbons (Fsp3) is 0.467. The van der Waals surface area contributed by atoms with Gasteiger partial charge in [0, 0.05) is 13.1 Å². The van der Waals surface area contributed by atoms with E-state index in [2.05, 4.69) is 10.6 Å². The van der Waals surface area contributed by atoms with Crippen molar-refractivity contribution in [2.24, 2.45) is 0 Å². The van der Waals surface area contributed by atoms with Gasteiger partial charge in [-0.05, 0) is 36.6 Å². The summed E-state index contributed by atoms with van der Waals surface area (Å²) in [7, 11) is 0. The van der Waals surface area contributed by atoms with E-state index in [0.29, 0.717) is 13.2 Å². The van der Waals surface area contributed by atoms with Gasteiger partial charge in [-0.15, -0.1) is 0 Å². The number of carboxylic acids is 1. The van der Waals surface area contributed by atoms with E-state index in [1.165, 1.54) is 0 Å². The smallest absolute Gasteiger partial charge is 0.315 e. The molecule has 3 N–H and O–H groups in total. The molecule has 0 aliphatic heterocycles. The zero-order valence-electron chi connectivity index (χ0n) is 12.4. The lowest BCUT2D eigenvalue weighted by atomic mass is 10.1. The van der Waals surface area contributed by atoms with Gasteiger partial charge in [0.2, 0.25) is 0 Å². The number of carbonyl (C=O) groups excluding carboxylic acids is 1. The van der Waals surface area contributed by atoms with Gasteiger partial charge < -0.3 is 20.5 Å². The maximum Gasteiger partial charge on any atom is 0.315 e. The molecule has 0 aromatic heterocycles. The molecule has 2 amide bonds. The van der Waals surface area contributed by atoms with Gasteiger partial charge in [0.05, 0.1) is 13.0 Å². The average molecular weight is 294 g/mol. The minimum absolute atomic E-state index is 0.0874. The molecular weight excluding hydrogens is 272 g/mol. The van der Waals surface area contributed by atoms with Crippen molar-refractivity contribution >= 4 is 12.0 Å². The Labute approximate surface area is 124 Å². The number of hydrogen-bond acceptors (Lipinski definition) is 3. The maximum atomic E-state index is 11.5. The molecule has 0 radical (unpaired) electrons. The number of aliphatic carboxylic acids is 1. The summed E-state index contributed by atoms with van der Waals surface area (Å²) >= 11 is 0. The standard InChI is InChI=1S/C15H22N2O4/c1-3-8-21-13-5-4-12(11(2)9-13)10-17-15(20)16-7-6-14(18)19/h4-5,9H,3,6-8,10H2,1-2H3,(H,18,19)(H2,16,17,20). The molecule has 0 aliphatic carbocycles. The number of carboxylic acid groups (broad SMARTS) is 1. The molecule has 0 saturated heterocycles. The van der Waals surface area contributed by atoms with Crippen LogP contribution in [0.3, 0.4) is 0 Å². The van der Waals surface area contributed by atoms with Gasteiger partial charge in [-0.1, -0.05) is 13.0 Å². The molecule has 0 aliphatic rings. The highest BCUT2D eigenvalue weighted by Gasteiger charge is 2.05. The normalized spacial score (nSPS) is 10.0. The highest BCUT2D eigenvalue weighted by atomic mass is 16.5. The molecule has 1 aromatic rings. The van der Waals surface area contributed by atoms with E-state index >= 15 is 0 Å². The Bertz CT molecular complexity index is 489. The first kappa shape index (κ1) is 16.8. The molecule has 0 spiro atoms. The Balaban J connectivity index is 2.40. The highest BCUT2D eigenvalue weighted by Crippen LogP contribution is 2.17. The molecule has 116 valence electrons. The van der Waals surface area contributed by atoms with Crippen LogP contribution >= 0.6 is 0 Å². The maximum absolute atomic E-state index is 11.5. The summed E-state index contributed by atoms with van der Waals surface area (Å²) in [6.07, 6.45) is 0.870. The number of benzene rings is 1. The third-order valence-corrected chi connectivity index (χ3v) is 2.85. The van der Waals surface area contributed by atoms with Gasteiger partial charge in [0.1, 0.15) is 5.75 Å². The molecule has 6 heteroatoms. The van der Waals surface area contributed by atoms with Gasteiger partial charge in [0.15, 0.2) is 0 Å². The molecule has 0 unspecified atom stereocenters. The van der Waals surface area contributed by atoms with Crippen LogP contribution in [0.4, 0.5) is 4.79 Å². The Morgan fingerprint density at radius 1 is 1.29 bits per heavy atom. The largest absolute Gasteiger partial charge is 0.494 e. The van der Waals surface area contributed by atoms with E-state index in [0.717, 1.165) is 23.3 Å². The van der Waals surface area contributed by atoms with Crippen LogP contribution < -0.4 is 15.4 Å². The van der Waals surface area contributed by atoms with E-state index in [-0.39, 0.29) is 19.0 Å². The van der Waals surface area contributed by atoms with Crippen LogP contribution in [0.15, 0.2) is 18.2 Å². The second-order valence-corrected chi connectivity index (χ2v) is 4.69. The number of amides is 2. The quantitative estimate of drug-likeness (QED) is 0.685. The van der Waals surface area contributed by atoms with Crippen LogP contribution in [0.2, 0.25) is 0 Å². The summed E-state index contributed by atoms with van der Waals surface area (Å²) in [4.78, 5) is 21.8. The summed E-state index contributed by atoms with van der Waals surface area (Å²) in [5.74, 6) is -0.113. The fourth-order valence-electron chi connectivity index (χ4n) is 1.70. The lowest BCUT2D eigenvalue weighted by molar-refractivity contribution is -0.136. The van der Waals surface area contributed by atoms with Crippen molar-refractivity contribution in [1.29, 1.82) is 0 Å². The third kappa shape index (κ3) is 6.65. The van der Waals surface area contributed by atoms with E-state index in [1.807, 2.05) is 32.0 Å². The van der Waals surface area contributed by atoms with Crippen molar-refractivity contribution < 1.29 is 19.4 Å². The first-order valence-corrected chi connectivity index (χ1v) is 6.98. The van der Waals surface area contributed by atoms with Crippen molar-refractivity contribution in [2.75, 3.05) is 13.2 Å². The van der Waals surface area contributed by atoms with Crippen LogP contribution in [0, 0.1) is 6.92 Å². The van der Waals surface area contributed by atoms with E-state index in [1.54, 1.807) is 0 Å². The lowest BCUT2D eigenvalue weighted by Gasteiger charge is -2.11. The first-order chi connectivity index (χ1) is 10.0. The molecular formula is C15H22N2O4. The minimum atomic E-state index is -0.936. The zero-order valence-corrected chi connectivity index (χ0v) is 12.4. The number of carbonyl (C=O) groups is 2. The van der Waals surface area contributed by atoms with Crippen molar-refractivity contribution in [1.82, 2.24) is 10.6 Å². The molecule has 6 nitrogen and oxygen atoms in total.